The van der Waals surface area contributed by atoms with Crippen LogP contribution in [0.3, 0.4) is 0 Å². The zero-order chi connectivity index (χ0) is 14.5. The fourth-order valence-corrected chi connectivity index (χ4v) is 2.33. The molecule has 5 nitrogen and oxygen atoms in total. The van der Waals surface area contributed by atoms with Crippen LogP contribution in [0.2, 0.25) is 0 Å². The van der Waals surface area contributed by atoms with Gasteiger partial charge in [-0.05, 0) is 48.6 Å². The Bertz CT molecular complexity index is 559. The molecule has 1 N–H and O–H groups in total. The first kappa shape index (κ1) is 15.1. The van der Waals surface area contributed by atoms with Gasteiger partial charge in [-0.15, -0.1) is 0 Å². The van der Waals surface area contributed by atoms with Crippen molar-refractivity contribution in [3.8, 4) is 11.4 Å². The summed E-state index contributed by atoms with van der Waals surface area (Å²) in [4.78, 5) is 13.5. The molecular formula is C14H17IN4O. The van der Waals surface area contributed by atoms with Crippen LogP contribution < -0.4 is 5.32 Å². The molecule has 0 fully saturated rings. The number of rotatable bonds is 5. The van der Waals surface area contributed by atoms with Gasteiger partial charge in [0.05, 0.1) is 15.9 Å². The fourth-order valence-electron chi connectivity index (χ4n) is 1.74. The number of halogens is 1. The smallest absolute Gasteiger partial charge is 0.163 e. The molecule has 106 valence electrons. The summed E-state index contributed by atoms with van der Waals surface area (Å²) in [5.74, 6) is 1.51. The van der Waals surface area contributed by atoms with E-state index in [-0.39, 0.29) is 0 Å². The Balaban J connectivity index is 2.49. The SMILES string of the molecule is CCNc1nc(-c2ccc(C)nc2)nc(COC)c1I. The van der Waals surface area contributed by atoms with Crippen LogP contribution in [0.5, 0.6) is 0 Å². The van der Waals surface area contributed by atoms with E-state index in [2.05, 4.69) is 42.9 Å². The summed E-state index contributed by atoms with van der Waals surface area (Å²) in [5.41, 5.74) is 2.77. The highest BCUT2D eigenvalue weighted by Gasteiger charge is 2.13. The van der Waals surface area contributed by atoms with Crippen LogP contribution in [0.4, 0.5) is 5.82 Å². The number of hydrogen-bond donors (Lipinski definition) is 1. The molecular weight excluding hydrogens is 367 g/mol. The van der Waals surface area contributed by atoms with Gasteiger partial charge in [0.2, 0.25) is 0 Å². The highest BCUT2D eigenvalue weighted by Crippen LogP contribution is 2.24. The molecule has 0 aromatic carbocycles. The minimum absolute atomic E-state index is 0.464. The van der Waals surface area contributed by atoms with Gasteiger partial charge in [0.1, 0.15) is 5.82 Å². The van der Waals surface area contributed by atoms with E-state index in [9.17, 15) is 0 Å². The van der Waals surface area contributed by atoms with Crippen LogP contribution in [0.25, 0.3) is 11.4 Å². The van der Waals surface area contributed by atoms with Crippen molar-refractivity contribution in [1.29, 1.82) is 0 Å². The standard InChI is InChI=1S/C14H17IN4O/c1-4-16-14-12(15)11(8-20-3)18-13(19-14)10-6-5-9(2)17-7-10/h5-7H,4,8H2,1-3H3,(H,16,18,19). The van der Waals surface area contributed by atoms with Crippen LogP contribution in [0.15, 0.2) is 18.3 Å². The summed E-state index contributed by atoms with van der Waals surface area (Å²) in [6.45, 7) is 5.27. The molecule has 0 aliphatic heterocycles. The first-order chi connectivity index (χ1) is 9.65. The van der Waals surface area contributed by atoms with Crippen molar-refractivity contribution in [2.75, 3.05) is 19.0 Å². The average Bonchev–Trinajstić information content (AvgIpc) is 2.44. The largest absolute Gasteiger partial charge is 0.378 e. The van der Waals surface area contributed by atoms with E-state index in [0.29, 0.717) is 12.4 Å². The summed E-state index contributed by atoms with van der Waals surface area (Å²) in [6.07, 6.45) is 1.80. The summed E-state index contributed by atoms with van der Waals surface area (Å²) < 4.78 is 6.21. The third-order valence-corrected chi connectivity index (χ3v) is 3.85. The molecule has 0 saturated carbocycles. The van der Waals surface area contributed by atoms with E-state index < -0.39 is 0 Å². The number of pyridine rings is 1. The van der Waals surface area contributed by atoms with Crippen molar-refractivity contribution in [2.24, 2.45) is 0 Å². The lowest BCUT2D eigenvalue weighted by Crippen LogP contribution is -2.08. The zero-order valence-electron chi connectivity index (χ0n) is 11.8. The number of anilines is 1. The van der Waals surface area contributed by atoms with E-state index >= 15 is 0 Å². The minimum atomic E-state index is 0.464. The number of aryl methyl sites for hydroxylation is 1. The number of methoxy groups -OCH3 is 1. The van der Waals surface area contributed by atoms with Gasteiger partial charge in [0.25, 0.3) is 0 Å². The predicted octanol–water partition coefficient (Wildman–Crippen LogP) is 3.03. The average molecular weight is 384 g/mol. The molecule has 2 aromatic heterocycles. The molecule has 0 saturated heterocycles. The third kappa shape index (κ3) is 3.43. The molecule has 2 rings (SSSR count). The molecule has 0 atom stereocenters. The van der Waals surface area contributed by atoms with E-state index in [1.165, 1.54) is 0 Å². The second-order valence-electron chi connectivity index (χ2n) is 4.31. The summed E-state index contributed by atoms with van der Waals surface area (Å²) in [5, 5.41) is 3.26. The van der Waals surface area contributed by atoms with E-state index in [1.807, 2.05) is 26.0 Å². The number of hydrogen-bond acceptors (Lipinski definition) is 5. The Morgan fingerprint density at radius 1 is 1.30 bits per heavy atom. The Kier molecular flexibility index (Phi) is 5.24. The highest BCUT2D eigenvalue weighted by molar-refractivity contribution is 14.1. The number of nitrogens with zero attached hydrogens (tertiary/aromatic N) is 3. The highest BCUT2D eigenvalue weighted by atomic mass is 127. The maximum absolute atomic E-state index is 5.21. The van der Waals surface area contributed by atoms with Gasteiger partial charge in [0, 0.05) is 31.1 Å². The lowest BCUT2D eigenvalue weighted by Gasteiger charge is -2.12. The molecule has 0 aliphatic carbocycles. The van der Waals surface area contributed by atoms with Gasteiger partial charge < -0.3 is 10.1 Å². The van der Waals surface area contributed by atoms with E-state index in [0.717, 1.165) is 32.9 Å². The van der Waals surface area contributed by atoms with Crippen LogP contribution in [0, 0.1) is 10.5 Å². The molecule has 0 spiro atoms. The van der Waals surface area contributed by atoms with Crippen LogP contribution in [-0.2, 0) is 11.3 Å². The fraction of sp³-hybridized carbons (Fsp3) is 0.357. The van der Waals surface area contributed by atoms with E-state index in [4.69, 9.17) is 4.74 Å². The van der Waals surface area contributed by atoms with E-state index in [1.54, 1.807) is 13.3 Å². The van der Waals surface area contributed by atoms with Gasteiger partial charge in [-0.3, -0.25) is 4.98 Å². The van der Waals surface area contributed by atoms with Gasteiger partial charge in [-0.2, -0.15) is 0 Å². The van der Waals surface area contributed by atoms with Crippen molar-refractivity contribution >= 4 is 28.4 Å². The molecule has 0 unspecified atom stereocenters. The maximum atomic E-state index is 5.21. The van der Waals surface area contributed by atoms with Crippen molar-refractivity contribution in [1.82, 2.24) is 15.0 Å². The molecule has 20 heavy (non-hydrogen) atoms. The van der Waals surface area contributed by atoms with Crippen molar-refractivity contribution in [3.63, 3.8) is 0 Å². The number of ether oxygens (including phenoxy) is 1. The molecule has 0 bridgehead atoms. The zero-order valence-corrected chi connectivity index (χ0v) is 13.9. The topological polar surface area (TPSA) is 59.9 Å². The molecule has 2 heterocycles. The van der Waals surface area contributed by atoms with Crippen LogP contribution >= 0.6 is 22.6 Å². The second kappa shape index (κ2) is 6.94. The third-order valence-electron chi connectivity index (χ3n) is 2.71. The normalized spacial score (nSPS) is 10.6. The van der Waals surface area contributed by atoms with Crippen molar-refractivity contribution < 1.29 is 4.74 Å². The van der Waals surface area contributed by atoms with Gasteiger partial charge in [-0.1, -0.05) is 0 Å². The monoisotopic (exact) mass is 384 g/mol. The lowest BCUT2D eigenvalue weighted by atomic mass is 10.2. The van der Waals surface area contributed by atoms with Gasteiger partial charge >= 0.3 is 0 Å². The Morgan fingerprint density at radius 3 is 2.70 bits per heavy atom. The minimum Gasteiger partial charge on any atom is -0.378 e. The Labute approximate surface area is 132 Å². The lowest BCUT2D eigenvalue weighted by molar-refractivity contribution is 0.181. The van der Waals surface area contributed by atoms with Gasteiger partial charge in [-0.25, -0.2) is 9.97 Å². The molecule has 0 amide bonds. The van der Waals surface area contributed by atoms with Crippen molar-refractivity contribution in [3.05, 3.63) is 33.3 Å². The van der Waals surface area contributed by atoms with Crippen LogP contribution in [-0.4, -0.2) is 28.6 Å². The molecule has 6 heteroatoms. The Hall–Kier alpha value is -1.28. The quantitative estimate of drug-likeness (QED) is 0.804. The molecule has 0 aliphatic rings. The summed E-state index contributed by atoms with van der Waals surface area (Å²) in [6, 6.07) is 3.94. The maximum Gasteiger partial charge on any atom is 0.163 e. The summed E-state index contributed by atoms with van der Waals surface area (Å²) >= 11 is 2.25. The summed E-state index contributed by atoms with van der Waals surface area (Å²) in [7, 11) is 1.66. The van der Waals surface area contributed by atoms with Crippen LogP contribution in [0.1, 0.15) is 18.3 Å². The first-order valence-corrected chi connectivity index (χ1v) is 7.45. The number of aromatic nitrogens is 3. The Morgan fingerprint density at radius 2 is 2.10 bits per heavy atom. The van der Waals surface area contributed by atoms with Crippen molar-refractivity contribution in [2.45, 2.75) is 20.5 Å². The molecule has 2 aromatic rings. The second-order valence-corrected chi connectivity index (χ2v) is 5.39. The van der Waals surface area contributed by atoms with Gasteiger partial charge in [0.15, 0.2) is 5.82 Å². The predicted molar refractivity (Wildman–Crippen MR) is 87.6 cm³/mol. The number of nitrogens with one attached hydrogen (secondary N) is 1. The molecule has 0 radical (unpaired) electrons. The first-order valence-electron chi connectivity index (χ1n) is 6.38.